The van der Waals surface area contributed by atoms with E-state index in [4.69, 9.17) is 0 Å². The van der Waals surface area contributed by atoms with Crippen LogP contribution in [0.15, 0.2) is 127 Å². The highest BCUT2D eigenvalue weighted by atomic mass is 15.1. The highest BCUT2D eigenvalue weighted by Crippen LogP contribution is 2.56. The monoisotopic (exact) mass is 663 g/mol. The second-order valence-corrected chi connectivity index (χ2v) is 16.9. The van der Waals surface area contributed by atoms with E-state index in [2.05, 4.69) is 146 Å². The first-order valence-electron chi connectivity index (χ1n) is 19.8. The quantitative estimate of drug-likeness (QED) is 0.171. The SMILES string of the molecule is CC1(C)c2cc(N(c3ccc(C4CCCCC4)cc3)c3ccc(C45CCC(CC4)C5)cc3)ccc2-c2cccc(-c3ccc4ccccc4c3)c21. The first-order chi connectivity index (χ1) is 25.0. The van der Waals surface area contributed by atoms with Gasteiger partial charge in [0.25, 0.3) is 0 Å². The largest absolute Gasteiger partial charge is 0.310 e. The van der Waals surface area contributed by atoms with E-state index in [1.807, 2.05) is 0 Å². The molecule has 51 heavy (non-hydrogen) atoms. The summed E-state index contributed by atoms with van der Waals surface area (Å²) in [7, 11) is 0. The molecule has 3 fully saturated rings. The number of rotatable bonds is 6. The molecule has 0 radical (unpaired) electrons. The molecule has 0 unspecified atom stereocenters. The van der Waals surface area contributed by atoms with Gasteiger partial charge in [0.05, 0.1) is 0 Å². The van der Waals surface area contributed by atoms with E-state index in [0.29, 0.717) is 11.3 Å². The Morgan fingerprint density at radius 2 is 1.24 bits per heavy atom. The Kier molecular flexibility index (Phi) is 7.31. The molecule has 0 saturated heterocycles. The van der Waals surface area contributed by atoms with Gasteiger partial charge in [-0.1, -0.05) is 118 Å². The Hall–Kier alpha value is -4.62. The zero-order valence-corrected chi connectivity index (χ0v) is 30.3. The lowest BCUT2D eigenvalue weighted by Crippen LogP contribution is -2.20. The first-order valence-corrected chi connectivity index (χ1v) is 19.8. The zero-order chi connectivity index (χ0) is 34.2. The van der Waals surface area contributed by atoms with Gasteiger partial charge in [-0.25, -0.2) is 0 Å². The summed E-state index contributed by atoms with van der Waals surface area (Å²) >= 11 is 0. The van der Waals surface area contributed by atoms with Crippen molar-refractivity contribution in [3.05, 3.63) is 150 Å². The van der Waals surface area contributed by atoms with Gasteiger partial charge in [-0.2, -0.15) is 0 Å². The zero-order valence-electron chi connectivity index (χ0n) is 30.3. The third-order valence-electron chi connectivity index (χ3n) is 13.7. The number of benzene rings is 6. The minimum absolute atomic E-state index is 0.149. The van der Waals surface area contributed by atoms with E-state index in [1.165, 1.54) is 131 Å². The average molecular weight is 664 g/mol. The molecular weight excluding hydrogens is 615 g/mol. The molecule has 0 N–H and O–H groups in total. The topological polar surface area (TPSA) is 3.24 Å². The summed E-state index contributed by atoms with van der Waals surface area (Å²) in [5.41, 5.74) is 15.3. The van der Waals surface area contributed by atoms with Crippen molar-refractivity contribution in [1.82, 2.24) is 0 Å². The maximum atomic E-state index is 2.52. The molecule has 0 aromatic heterocycles. The lowest BCUT2D eigenvalue weighted by atomic mass is 9.77. The van der Waals surface area contributed by atoms with Crippen molar-refractivity contribution in [2.24, 2.45) is 5.92 Å². The van der Waals surface area contributed by atoms with Crippen molar-refractivity contribution in [3.8, 4) is 22.3 Å². The van der Waals surface area contributed by atoms with Crippen molar-refractivity contribution in [2.75, 3.05) is 4.90 Å². The van der Waals surface area contributed by atoms with Crippen LogP contribution in [0.1, 0.15) is 106 Å². The molecule has 3 saturated carbocycles. The van der Waals surface area contributed by atoms with Crippen molar-refractivity contribution in [1.29, 1.82) is 0 Å². The first kappa shape index (κ1) is 31.1. The van der Waals surface area contributed by atoms with Crippen LogP contribution in [0.4, 0.5) is 17.1 Å². The van der Waals surface area contributed by atoms with Crippen molar-refractivity contribution in [3.63, 3.8) is 0 Å². The molecule has 0 atom stereocenters. The van der Waals surface area contributed by atoms with E-state index in [-0.39, 0.29) is 5.41 Å². The molecule has 1 nitrogen and oxygen atoms in total. The van der Waals surface area contributed by atoms with Crippen LogP contribution in [0, 0.1) is 5.92 Å². The summed E-state index contributed by atoms with van der Waals surface area (Å²) in [4.78, 5) is 2.52. The van der Waals surface area contributed by atoms with Crippen molar-refractivity contribution in [2.45, 2.75) is 94.8 Å². The second-order valence-electron chi connectivity index (χ2n) is 16.9. The number of hydrogen-bond donors (Lipinski definition) is 0. The minimum atomic E-state index is -0.149. The summed E-state index contributed by atoms with van der Waals surface area (Å²) < 4.78 is 0. The Labute approximate surface area is 304 Å². The molecular formula is C50H49N. The molecule has 4 aliphatic rings. The Bertz CT molecular complexity index is 2240. The van der Waals surface area contributed by atoms with Crippen LogP contribution in [0.25, 0.3) is 33.0 Å². The fourth-order valence-corrected chi connectivity index (χ4v) is 10.9. The Morgan fingerprint density at radius 3 is 1.96 bits per heavy atom. The summed E-state index contributed by atoms with van der Waals surface area (Å²) in [5, 5.41) is 2.58. The van der Waals surface area contributed by atoms with Crippen LogP contribution in [-0.4, -0.2) is 0 Å². The van der Waals surface area contributed by atoms with Crippen LogP contribution in [0.5, 0.6) is 0 Å². The summed E-state index contributed by atoms with van der Waals surface area (Å²) in [6.45, 7) is 4.86. The fraction of sp³-hybridized carbons (Fsp3) is 0.320. The van der Waals surface area contributed by atoms with Gasteiger partial charge < -0.3 is 4.90 Å². The van der Waals surface area contributed by atoms with Crippen LogP contribution >= 0.6 is 0 Å². The normalized spacial score (nSPS) is 21.9. The number of nitrogens with zero attached hydrogens (tertiary/aromatic N) is 1. The third-order valence-corrected chi connectivity index (χ3v) is 13.7. The van der Waals surface area contributed by atoms with Crippen molar-refractivity contribution < 1.29 is 0 Å². The highest BCUT2D eigenvalue weighted by molar-refractivity contribution is 5.93. The van der Waals surface area contributed by atoms with Gasteiger partial charge in [-0.05, 0) is 160 Å². The van der Waals surface area contributed by atoms with E-state index >= 15 is 0 Å². The molecule has 10 rings (SSSR count). The lowest BCUT2D eigenvalue weighted by Gasteiger charge is -2.31. The standard InChI is InChI=1S/C50H49N/c1-49(2)47-32-43(25-26-45(47)46-14-8-13-44(48(46)49)39-16-15-36-11-6-7-12-38(36)31-39)51(41-21-17-37(18-22-41)35-9-4-3-5-10-35)42-23-19-40(20-24-42)50-29-27-34(33-50)28-30-50/h6-8,11-26,31-32,34-35H,3-5,9-10,27-30,33H2,1-2H3. The van der Waals surface area contributed by atoms with Gasteiger partial charge in [0.2, 0.25) is 0 Å². The Morgan fingerprint density at radius 1 is 0.549 bits per heavy atom. The second kappa shape index (κ2) is 12.0. The molecule has 0 heterocycles. The van der Waals surface area contributed by atoms with Crippen LogP contribution in [-0.2, 0) is 10.8 Å². The van der Waals surface area contributed by atoms with E-state index in [0.717, 1.165) is 5.92 Å². The minimum Gasteiger partial charge on any atom is -0.310 e. The average Bonchev–Trinajstić information content (AvgIpc) is 3.87. The van der Waals surface area contributed by atoms with Crippen LogP contribution < -0.4 is 4.90 Å². The van der Waals surface area contributed by atoms with Gasteiger partial charge in [0.1, 0.15) is 0 Å². The maximum Gasteiger partial charge on any atom is 0.0465 e. The highest BCUT2D eigenvalue weighted by Gasteiger charge is 2.45. The summed E-state index contributed by atoms with van der Waals surface area (Å²) in [5.74, 6) is 1.65. The smallest absolute Gasteiger partial charge is 0.0465 e. The lowest BCUT2D eigenvalue weighted by molar-refractivity contribution is 0.419. The molecule has 0 amide bonds. The maximum absolute atomic E-state index is 2.52. The molecule has 6 aromatic carbocycles. The van der Waals surface area contributed by atoms with Crippen LogP contribution in [0.3, 0.4) is 0 Å². The van der Waals surface area contributed by atoms with E-state index in [1.54, 1.807) is 5.56 Å². The van der Waals surface area contributed by atoms with Gasteiger partial charge in [0, 0.05) is 22.5 Å². The van der Waals surface area contributed by atoms with Gasteiger partial charge >= 0.3 is 0 Å². The third kappa shape index (κ3) is 5.10. The fourth-order valence-electron chi connectivity index (χ4n) is 10.9. The van der Waals surface area contributed by atoms with Gasteiger partial charge in [-0.3, -0.25) is 0 Å². The number of anilines is 3. The molecule has 2 bridgehead atoms. The van der Waals surface area contributed by atoms with Crippen LogP contribution in [0.2, 0.25) is 0 Å². The molecule has 6 aromatic rings. The molecule has 1 heteroatoms. The molecule has 0 aliphatic heterocycles. The molecule has 254 valence electrons. The van der Waals surface area contributed by atoms with Gasteiger partial charge in [-0.15, -0.1) is 0 Å². The predicted molar refractivity (Wildman–Crippen MR) is 216 cm³/mol. The van der Waals surface area contributed by atoms with Crippen molar-refractivity contribution >= 4 is 27.8 Å². The molecule has 4 aliphatic carbocycles. The summed E-state index contributed by atoms with van der Waals surface area (Å²) in [6, 6.07) is 49.2. The number of fused-ring (bicyclic) bond motifs is 6. The Balaban J connectivity index is 1.06. The predicted octanol–water partition coefficient (Wildman–Crippen LogP) is 14.2. The number of hydrogen-bond acceptors (Lipinski definition) is 1. The van der Waals surface area contributed by atoms with Gasteiger partial charge in [0.15, 0.2) is 0 Å². The van der Waals surface area contributed by atoms with E-state index < -0.39 is 0 Å². The van der Waals surface area contributed by atoms with E-state index in [9.17, 15) is 0 Å². The summed E-state index contributed by atoms with van der Waals surface area (Å²) in [6.07, 6.45) is 13.7. The molecule has 0 spiro atoms.